The molecule has 0 aliphatic heterocycles. The summed E-state index contributed by atoms with van der Waals surface area (Å²) in [4.78, 5) is 1.21. The van der Waals surface area contributed by atoms with Gasteiger partial charge in [-0.15, -0.1) is 11.3 Å². The molecule has 0 bridgehead atoms. The van der Waals surface area contributed by atoms with Crippen LogP contribution in [-0.4, -0.2) is 0 Å². The molecule has 1 heterocycles. The van der Waals surface area contributed by atoms with Crippen molar-refractivity contribution in [2.24, 2.45) is 0 Å². The molecule has 0 atom stereocenters. The van der Waals surface area contributed by atoms with Gasteiger partial charge in [0.2, 0.25) is 0 Å². The average Bonchev–Trinajstić information content (AvgIpc) is 2.82. The third-order valence-corrected chi connectivity index (χ3v) is 3.14. The Hall–Kier alpha value is -1.41. The highest BCUT2D eigenvalue weighted by Gasteiger charge is 2.01. The molecular weight excluding hydrogens is 207 g/mol. The minimum absolute atomic E-state index is 0.173. The lowest BCUT2D eigenvalue weighted by Gasteiger charge is -2.00. The van der Waals surface area contributed by atoms with E-state index in [4.69, 9.17) is 0 Å². The first-order chi connectivity index (χ1) is 7.31. The first kappa shape index (κ1) is 10.1. The monoisotopic (exact) mass is 218 g/mol. The van der Waals surface area contributed by atoms with Crippen molar-refractivity contribution in [3.05, 3.63) is 53.4 Å². The summed E-state index contributed by atoms with van der Waals surface area (Å²) in [6.45, 7) is 1.70. The zero-order chi connectivity index (χ0) is 10.7. The highest BCUT2D eigenvalue weighted by Crippen LogP contribution is 2.26. The van der Waals surface area contributed by atoms with Crippen LogP contribution in [0.5, 0.6) is 0 Å². The van der Waals surface area contributed by atoms with E-state index < -0.39 is 0 Å². The van der Waals surface area contributed by atoms with Crippen molar-refractivity contribution in [2.45, 2.75) is 6.92 Å². The Labute approximate surface area is 92.7 Å². The van der Waals surface area contributed by atoms with E-state index in [0.29, 0.717) is 5.56 Å². The van der Waals surface area contributed by atoms with Gasteiger partial charge in [0.15, 0.2) is 0 Å². The second kappa shape index (κ2) is 4.41. The Bertz CT molecular complexity index is 452. The predicted octanol–water partition coefficient (Wildman–Crippen LogP) is 4.75. The van der Waals surface area contributed by atoms with Gasteiger partial charge in [-0.25, -0.2) is 4.39 Å². The molecule has 2 rings (SSSR count). The van der Waals surface area contributed by atoms with Crippen molar-refractivity contribution in [1.29, 1.82) is 0 Å². The Morgan fingerprint density at radius 1 is 1.20 bits per heavy atom. The number of halogens is 1. The zero-order valence-corrected chi connectivity index (χ0v) is 9.22. The molecule has 0 spiro atoms. The predicted molar refractivity (Wildman–Crippen MR) is 64.5 cm³/mol. The molecule has 2 heteroatoms. The third-order valence-electron chi connectivity index (χ3n) is 2.22. The van der Waals surface area contributed by atoms with Gasteiger partial charge in [-0.1, -0.05) is 36.4 Å². The molecule has 15 heavy (non-hydrogen) atoms. The van der Waals surface area contributed by atoms with Crippen molar-refractivity contribution in [2.75, 3.05) is 0 Å². The van der Waals surface area contributed by atoms with Crippen molar-refractivity contribution in [3.8, 4) is 10.4 Å². The van der Waals surface area contributed by atoms with Crippen molar-refractivity contribution in [1.82, 2.24) is 0 Å². The van der Waals surface area contributed by atoms with Crippen LogP contribution in [0.25, 0.3) is 16.3 Å². The second-order valence-corrected chi connectivity index (χ2v) is 4.14. The maximum absolute atomic E-state index is 13.2. The normalized spacial score (nSPS) is 11.7. The average molecular weight is 218 g/mol. The molecule has 0 N–H and O–H groups in total. The number of allylic oxidation sites excluding steroid dienone is 1. The Morgan fingerprint density at radius 3 is 2.47 bits per heavy atom. The van der Waals surface area contributed by atoms with Crippen molar-refractivity contribution in [3.63, 3.8) is 0 Å². The van der Waals surface area contributed by atoms with Gasteiger partial charge in [-0.2, -0.15) is 0 Å². The first-order valence-corrected chi connectivity index (χ1v) is 5.65. The molecule has 0 fully saturated rings. The van der Waals surface area contributed by atoms with Crippen LogP contribution in [0.2, 0.25) is 0 Å². The number of rotatable bonds is 2. The standard InChI is InChI=1S/C13H11FS/c1-2-12(14)10-5-7-11(8-6-10)13-4-3-9-15-13/h2-9H,1H3/b12-2+. The molecule has 0 aliphatic rings. The Morgan fingerprint density at radius 2 is 1.93 bits per heavy atom. The van der Waals surface area contributed by atoms with E-state index in [-0.39, 0.29) is 5.83 Å². The fourth-order valence-electron chi connectivity index (χ4n) is 1.40. The van der Waals surface area contributed by atoms with Crippen LogP contribution >= 0.6 is 11.3 Å². The lowest BCUT2D eigenvalue weighted by molar-refractivity contribution is 0.758. The molecule has 1 aromatic heterocycles. The van der Waals surface area contributed by atoms with Crippen molar-refractivity contribution < 1.29 is 4.39 Å². The second-order valence-electron chi connectivity index (χ2n) is 3.19. The van der Waals surface area contributed by atoms with Crippen molar-refractivity contribution >= 4 is 17.2 Å². The molecule has 2 aromatic rings. The van der Waals surface area contributed by atoms with E-state index in [9.17, 15) is 4.39 Å². The third kappa shape index (κ3) is 2.16. The zero-order valence-electron chi connectivity index (χ0n) is 8.41. The first-order valence-electron chi connectivity index (χ1n) is 4.77. The molecule has 0 nitrogen and oxygen atoms in total. The van der Waals surface area contributed by atoms with E-state index in [2.05, 4.69) is 6.07 Å². The van der Waals surface area contributed by atoms with Gasteiger partial charge in [-0.05, 0) is 23.9 Å². The summed E-state index contributed by atoms with van der Waals surface area (Å²) in [6, 6.07) is 11.6. The van der Waals surface area contributed by atoms with Gasteiger partial charge in [-0.3, -0.25) is 0 Å². The quantitative estimate of drug-likeness (QED) is 0.682. The summed E-state index contributed by atoms with van der Waals surface area (Å²) >= 11 is 1.69. The molecule has 0 saturated heterocycles. The molecule has 0 aliphatic carbocycles. The van der Waals surface area contributed by atoms with Gasteiger partial charge < -0.3 is 0 Å². The highest BCUT2D eigenvalue weighted by atomic mass is 32.1. The summed E-state index contributed by atoms with van der Waals surface area (Å²) in [5, 5.41) is 2.04. The summed E-state index contributed by atoms with van der Waals surface area (Å²) < 4.78 is 13.2. The molecule has 0 amide bonds. The minimum atomic E-state index is -0.173. The van der Waals surface area contributed by atoms with Crippen LogP contribution in [0.1, 0.15) is 12.5 Å². The molecule has 0 saturated carbocycles. The number of hydrogen-bond acceptors (Lipinski definition) is 1. The van der Waals surface area contributed by atoms with Gasteiger partial charge in [0, 0.05) is 10.4 Å². The maximum atomic E-state index is 13.2. The minimum Gasteiger partial charge on any atom is -0.207 e. The molecule has 0 radical (unpaired) electrons. The van der Waals surface area contributed by atoms with Crippen LogP contribution in [0.3, 0.4) is 0 Å². The maximum Gasteiger partial charge on any atom is 0.126 e. The van der Waals surface area contributed by atoms with Crippen LogP contribution in [0.15, 0.2) is 47.9 Å². The largest absolute Gasteiger partial charge is 0.207 e. The fourth-order valence-corrected chi connectivity index (χ4v) is 2.14. The molecule has 1 aromatic carbocycles. The van der Waals surface area contributed by atoms with Gasteiger partial charge in [0.1, 0.15) is 5.83 Å². The van der Waals surface area contributed by atoms with Gasteiger partial charge in [0.25, 0.3) is 0 Å². The number of thiophene rings is 1. The summed E-state index contributed by atoms with van der Waals surface area (Å²) in [7, 11) is 0. The molecule has 0 unspecified atom stereocenters. The van der Waals surface area contributed by atoms with E-state index in [1.165, 1.54) is 11.0 Å². The topological polar surface area (TPSA) is 0 Å². The lowest BCUT2D eigenvalue weighted by Crippen LogP contribution is -1.78. The van der Waals surface area contributed by atoms with Gasteiger partial charge >= 0.3 is 0 Å². The lowest BCUT2D eigenvalue weighted by atomic mass is 10.1. The molecular formula is C13H11FS. The van der Waals surface area contributed by atoms with E-state index in [1.807, 2.05) is 35.7 Å². The smallest absolute Gasteiger partial charge is 0.126 e. The fraction of sp³-hybridized carbons (Fsp3) is 0.0769. The number of hydrogen-bond donors (Lipinski definition) is 0. The Kier molecular flexibility index (Phi) is 2.97. The summed E-state index contributed by atoms with van der Waals surface area (Å²) in [6.07, 6.45) is 1.47. The van der Waals surface area contributed by atoms with Crippen LogP contribution in [0, 0.1) is 0 Å². The van der Waals surface area contributed by atoms with Gasteiger partial charge in [0.05, 0.1) is 0 Å². The van der Waals surface area contributed by atoms with Crippen LogP contribution in [-0.2, 0) is 0 Å². The highest BCUT2D eigenvalue weighted by molar-refractivity contribution is 7.13. The SMILES string of the molecule is C/C=C(/F)c1ccc(-c2cccs2)cc1. The molecule has 76 valence electrons. The van der Waals surface area contributed by atoms with E-state index in [1.54, 1.807) is 18.3 Å². The summed E-state index contributed by atoms with van der Waals surface area (Å²) in [5.74, 6) is -0.173. The van der Waals surface area contributed by atoms with E-state index >= 15 is 0 Å². The summed E-state index contributed by atoms with van der Waals surface area (Å²) in [5.41, 5.74) is 1.77. The van der Waals surface area contributed by atoms with E-state index in [0.717, 1.165) is 5.56 Å². The van der Waals surface area contributed by atoms with Crippen LogP contribution in [0.4, 0.5) is 4.39 Å². The Balaban J connectivity index is 2.33. The number of benzene rings is 1. The van der Waals surface area contributed by atoms with Crippen LogP contribution < -0.4 is 0 Å².